The van der Waals surface area contributed by atoms with Crippen LogP contribution in [0.15, 0.2) is 29.2 Å². The van der Waals surface area contributed by atoms with Crippen molar-refractivity contribution in [3.05, 3.63) is 30.1 Å². The van der Waals surface area contributed by atoms with E-state index in [-0.39, 0.29) is 24.4 Å². The lowest BCUT2D eigenvalue weighted by Gasteiger charge is -2.22. The molecular formula is C14H18FNO2S. The van der Waals surface area contributed by atoms with Crippen molar-refractivity contribution in [2.24, 2.45) is 0 Å². The summed E-state index contributed by atoms with van der Waals surface area (Å²) in [5, 5.41) is 9.18. The molecule has 1 aliphatic heterocycles. The Kier molecular flexibility index (Phi) is 5.22. The van der Waals surface area contributed by atoms with Crippen LogP contribution in [-0.2, 0) is 4.79 Å². The van der Waals surface area contributed by atoms with Gasteiger partial charge < -0.3 is 10.0 Å². The van der Waals surface area contributed by atoms with E-state index >= 15 is 0 Å². The van der Waals surface area contributed by atoms with Crippen LogP contribution in [0.4, 0.5) is 4.39 Å². The second-order valence-electron chi connectivity index (χ2n) is 4.62. The fraction of sp³-hybridized carbons (Fsp3) is 0.500. The van der Waals surface area contributed by atoms with Crippen LogP contribution in [0.1, 0.15) is 19.3 Å². The largest absolute Gasteiger partial charge is 0.394 e. The number of nitrogens with zero attached hydrogens (tertiary/aromatic N) is 1. The van der Waals surface area contributed by atoms with Gasteiger partial charge in [-0.25, -0.2) is 4.39 Å². The Bertz CT molecular complexity index is 424. The molecule has 0 aliphatic carbocycles. The van der Waals surface area contributed by atoms with Crippen molar-refractivity contribution >= 4 is 17.7 Å². The molecule has 5 heteroatoms. The summed E-state index contributed by atoms with van der Waals surface area (Å²) in [7, 11) is 0. The highest BCUT2D eigenvalue weighted by Crippen LogP contribution is 2.21. The van der Waals surface area contributed by atoms with Gasteiger partial charge in [0.05, 0.1) is 12.6 Å². The van der Waals surface area contributed by atoms with Gasteiger partial charge in [0.25, 0.3) is 0 Å². The summed E-state index contributed by atoms with van der Waals surface area (Å²) in [6, 6.07) is 6.29. The smallest absolute Gasteiger partial charge is 0.223 e. The van der Waals surface area contributed by atoms with E-state index < -0.39 is 0 Å². The van der Waals surface area contributed by atoms with Gasteiger partial charge in [0.2, 0.25) is 5.91 Å². The summed E-state index contributed by atoms with van der Waals surface area (Å²) in [6.07, 6.45) is 2.33. The van der Waals surface area contributed by atoms with E-state index in [1.165, 1.54) is 12.1 Å². The fourth-order valence-corrected chi connectivity index (χ4v) is 3.13. The third-order valence-electron chi connectivity index (χ3n) is 3.31. The average molecular weight is 283 g/mol. The summed E-state index contributed by atoms with van der Waals surface area (Å²) < 4.78 is 12.7. The maximum absolute atomic E-state index is 12.7. The van der Waals surface area contributed by atoms with Gasteiger partial charge in [-0.05, 0) is 37.1 Å². The number of amides is 1. The van der Waals surface area contributed by atoms with Crippen LogP contribution < -0.4 is 0 Å². The second kappa shape index (κ2) is 6.91. The van der Waals surface area contributed by atoms with Gasteiger partial charge in [0.15, 0.2) is 0 Å². The zero-order valence-electron chi connectivity index (χ0n) is 10.7. The average Bonchev–Trinajstić information content (AvgIpc) is 2.89. The van der Waals surface area contributed by atoms with Crippen LogP contribution in [-0.4, -0.2) is 40.9 Å². The number of benzene rings is 1. The molecule has 2 rings (SSSR count). The normalized spacial score (nSPS) is 18.8. The quantitative estimate of drug-likeness (QED) is 0.843. The summed E-state index contributed by atoms with van der Waals surface area (Å²) in [4.78, 5) is 14.8. The van der Waals surface area contributed by atoms with Crippen molar-refractivity contribution in [1.29, 1.82) is 0 Å². The van der Waals surface area contributed by atoms with Crippen LogP contribution in [0, 0.1) is 5.82 Å². The number of hydrogen-bond acceptors (Lipinski definition) is 3. The minimum absolute atomic E-state index is 0.00308. The van der Waals surface area contributed by atoms with Gasteiger partial charge in [-0.2, -0.15) is 0 Å². The summed E-state index contributed by atoms with van der Waals surface area (Å²) in [5.74, 6) is 0.536. The summed E-state index contributed by atoms with van der Waals surface area (Å²) >= 11 is 1.55. The number of halogens is 1. The highest BCUT2D eigenvalue weighted by Gasteiger charge is 2.27. The van der Waals surface area contributed by atoms with E-state index in [1.807, 2.05) is 0 Å². The first-order chi connectivity index (χ1) is 9.20. The number of rotatable bonds is 5. The second-order valence-corrected chi connectivity index (χ2v) is 5.79. The molecule has 1 N–H and O–H groups in total. The molecule has 104 valence electrons. The van der Waals surface area contributed by atoms with Gasteiger partial charge in [-0.15, -0.1) is 11.8 Å². The van der Waals surface area contributed by atoms with Crippen molar-refractivity contribution in [3.8, 4) is 0 Å². The number of carbonyl (C=O) groups excluding carboxylic acids is 1. The molecule has 0 radical (unpaired) electrons. The minimum atomic E-state index is -0.247. The van der Waals surface area contributed by atoms with Gasteiger partial charge in [0, 0.05) is 23.6 Å². The molecule has 0 saturated carbocycles. The molecule has 1 heterocycles. The van der Waals surface area contributed by atoms with E-state index in [4.69, 9.17) is 0 Å². The summed E-state index contributed by atoms with van der Waals surface area (Å²) in [6.45, 7) is 0.808. The van der Waals surface area contributed by atoms with E-state index in [0.717, 1.165) is 24.3 Å². The number of hydrogen-bond donors (Lipinski definition) is 1. The van der Waals surface area contributed by atoms with Crippen molar-refractivity contribution in [2.45, 2.75) is 30.2 Å². The molecule has 1 aromatic carbocycles. The first-order valence-electron chi connectivity index (χ1n) is 6.49. The first-order valence-corrected chi connectivity index (χ1v) is 7.48. The minimum Gasteiger partial charge on any atom is -0.394 e. The molecule has 1 amide bonds. The van der Waals surface area contributed by atoms with Crippen LogP contribution in [0.25, 0.3) is 0 Å². The SMILES string of the molecule is O=C(CCSc1ccc(F)cc1)N1CCC[C@@H]1CO. The lowest BCUT2D eigenvalue weighted by Crippen LogP contribution is -2.37. The molecular weight excluding hydrogens is 265 g/mol. The Balaban J connectivity index is 1.76. The third kappa shape index (κ3) is 3.94. The van der Waals surface area contributed by atoms with Gasteiger partial charge in [-0.3, -0.25) is 4.79 Å². The van der Waals surface area contributed by atoms with Crippen LogP contribution in [0.2, 0.25) is 0 Å². The van der Waals surface area contributed by atoms with Crippen molar-refractivity contribution in [2.75, 3.05) is 18.9 Å². The highest BCUT2D eigenvalue weighted by molar-refractivity contribution is 7.99. The lowest BCUT2D eigenvalue weighted by molar-refractivity contribution is -0.132. The Labute approximate surface area is 116 Å². The highest BCUT2D eigenvalue weighted by atomic mass is 32.2. The maximum Gasteiger partial charge on any atom is 0.223 e. The molecule has 1 aliphatic rings. The Morgan fingerprint density at radius 1 is 1.42 bits per heavy atom. The Morgan fingerprint density at radius 2 is 2.16 bits per heavy atom. The molecule has 1 atom stereocenters. The summed E-state index contributed by atoms with van der Waals surface area (Å²) in [5.41, 5.74) is 0. The van der Waals surface area contributed by atoms with Gasteiger partial charge >= 0.3 is 0 Å². The van der Waals surface area contributed by atoms with E-state index in [0.29, 0.717) is 12.2 Å². The first kappa shape index (κ1) is 14.3. The molecule has 0 unspecified atom stereocenters. The van der Waals surface area contributed by atoms with Gasteiger partial charge in [-0.1, -0.05) is 0 Å². The predicted octanol–water partition coefficient (Wildman–Crippen LogP) is 2.29. The van der Waals surface area contributed by atoms with Crippen LogP contribution in [0.3, 0.4) is 0 Å². The number of carbonyl (C=O) groups is 1. The van der Waals surface area contributed by atoms with Gasteiger partial charge in [0.1, 0.15) is 5.82 Å². The van der Waals surface area contributed by atoms with E-state index in [2.05, 4.69) is 0 Å². The number of aliphatic hydroxyl groups excluding tert-OH is 1. The zero-order chi connectivity index (χ0) is 13.7. The number of aliphatic hydroxyl groups is 1. The molecule has 1 saturated heterocycles. The van der Waals surface area contributed by atoms with Crippen molar-refractivity contribution in [1.82, 2.24) is 4.90 Å². The van der Waals surface area contributed by atoms with Crippen molar-refractivity contribution in [3.63, 3.8) is 0 Å². The molecule has 19 heavy (non-hydrogen) atoms. The Morgan fingerprint density at radius 3 is 2.84 bits per heavy atom. The third-order valence-corrected chi connectivity index (χ3v) is 4.32. The van der Waals surface area contributed by atoms with E-state index in [1.54, 1.807) is 28.8 Å². The van der Waals surface area contributed by atoms with Crippen LogP contribution >= 0.6 is 11.8 Å². The van der Waals surface area contributed by atoms with Crippen LogP contribution in [0.5, 0.6) is 0 Å². The molecule has 0 bridgehead atoms. The molecule has 1 fully saturated rings. The molecule has 0 spiro atoms. The lowest BCUT2D eigenvalue weighted by atomic mass is 10.2. The number of likely N-dealkylation sites (tertiary alicyclic amines) is 1. The van der Waals surface area contributed by atoms with Crippen molar-refractivity contribution < 1.29 is 14.3 Å². The monoisotopic (exact) mass is 283 g/mol. The topological polar surface area (TPSA) is 40.5 Å². The predicted molar refractivity (Wildman–Crippen MR) is 73.6 cm³/mol. The fourth-order valence-electron chi connectivity index (χ4n) is 2.28. The number of thioether (sulfide) groups is 1. The standard InChI is InChI=1S/C14H18FNO2S/c15-11-3-5-13(6-4-11)19-9-7-14(18)16-8-1-2-12(16)10-17/h3-6,12,17H,1-2,7-10H2/t12-/m1/s1. The molecule has 3 nitrogen and oxygen atoms in total. The zero-order valence-corrected chi connectivity index (χ0v) is 11.5. The van der Waals surface area contributed by atoms with E-state index in [9.17, 15) is 14.3 Å². The maximum atomic E-state index is 12.7. The molecule has 0 aromatic heterocycles. The Hall–Kier alpha value is -1.07. The molecule has 1 aromatic rings.